The molecule has 84 valence electrons. The fourth-order valence-electron chi connectivity index (χ4n) is 1.57. The summed E-state index contributed by atoms with van der Waals surface area (Å²) in [6.45, 7) is 3.03. The van der Waals surface area contributed by atoms with E-state index in [0.717, 1.165) is 28.8 Å². The normalized spacial score (nSPS) is 10.7. The molecule has 1 aromatic heterocycles. The first kappa shape index (κ1) is 11.6. The Labute approximate surface area is 108 Å². The van der Waals surface area contributed by atoms with Gasteiger partial charge in [-0.3, -0.25) is 0 Å². The standard InChI is InChI=1S/C11H11BrClN3/c1-2-3-16-7-14-15-11(16)8-4-9(12)6-10(13)5-8/h4-7H,2-3H2,1H3. The molecule has 2 aromatic rings. The lowest BCUT2D eigenvalue weighted by molar-refractivity contribution is 0.683. The van der Waals surface area contributed by atoms with Crippen LogP contribution in [0, 0.1) is 0 Å². The van der Waals surface area contributed by atoms with Gasteiger partial charge in [0.15, 0.2) is 5.82 Å². The highest BCUT2D eigenvalue weighted by atomic mass is 79.9. The molecule has 16 heavy (non-hydrogen) atoms. The highest BCUT2D eigenvalue weighted by Crippen LogP contribution is 2.26. The summed E-state index contributed by atoms with van der Waals surface area (Å²) in [6, 6.07) is 5.73. The zero-order valence-electron chi connectivity index (χ0n) is 8.82. The predicted octanol–water partition coefficient (Wildman–Crippen LogP) is 3.77. The first-order chi connectivity index (χ1) is 7.70. The first-order valence-electron chi connectivity index (χ1n) is 5.05. The molecule has 0 amide bonds. The Hall–Kier alpha value is -0.870. The number of rotatable bonds is 3. The Morgan fingerprint density at radius 3 is 2.88 bits per heavy atom. The average Bonchev–Trinajstić information content (AvgIpc) is 2.65. The molecule has 0 saturated heterocycles. The Bertz CT molecular complexity index is 475. The number of nitrogens with zero attached hydrogens (tertiary/aromatic N) is 3. The third-order valence-corrected chi connectivity index (χ3v) is 2.88. The van der Waals surface area contributed by atoms with Crippen LogP contribution in [0.1, 0.15) is 13.3 Å². The summed E-state index contributed by atoms with van der Waals surface area (Å²) >= 11 is 9.43. The van der Waals surface area contributed by atoms with E-state index in [-0.39, 0.29) is 0 Å². The zero-order chi connectivity index (χ0) is 11.5. The Morgan fingerprint density at radius 1 is 1.38 bits per heavy atom. The number of hydrogen-bond acceptors (Lipinski definition) is 2. The highest BCUT2D eigenvalue weighted by Gasteiger charge is 2.08. The summed E-state index contributed by atoms with van der Waals surface area (Å²) in [5.41, 5.74) is 0.977. The zero-order valence-corrected chi connectivity index (χ0v) is 11.2. The minimum absolute atomic E-state index is 0.690. The highest BCUT2D eigenvalue weighted by molar-refractivity contribution is 9.10. The van der Waals surface area contributed by atoms with Gasteiger partial charge in [-0.2, -0.15) is 0 Å². The second-order valence-electron chi connectivity index (χ2n) is 3.51. The molecule has 0 saturated carbocycles. The number of halogens is 2. The van der Waals surface area contributed by atoms with Gasteiger partial charge in [0.1, 0.15) is 6.33 Å². The van der Waals surface area contributed by atoms with Crippen molar-refractivity contribution in [1.82, 2.24) is 14.8 Å². The lowest BCUT2D eigenvalue weighted by atomic mass is 10.2. The Kier molecular flexibility index (Phi) is 3.61. The largest absolute Gasteiger partial charge is 0.314 e. The molecule has 1 aromatic carbocycles. The lowest BCUT2D eigenvalue weighted by Crippen LogP contribution is -1.98. The quantitative estimate of drug-likeness (QED) is 0.864. The van der Waals surface area contributed by atoms with Gasteiger partial charge in [-0.1, -0.05) is 34.5 Å². The van der Waals surface area contributed by atoms with Crippen molar-refractivity contribution in [3.05, 3.63) is 34.0 Å². The fourth-order valence-corrected chi connectivity index (χ4v) is 2.43. The van der Waals surface area contributed by atoms with Crippen molar-refractivity contribution in [3.8, 4) is 11.4 Å². The Morgan fingerprint density at radius 2 is 2.19 bits per heavy atom. The van der Waals surface area contributed by atoms with E-state index in [0.29, 0.717) is 5.02 Å². The molecule has 0 aliphatic carbocycles. The van der Waals surface area contributed by atoms with Gasteiger partial charge in [0.2, 0.25) is 0 Å². The van der Waals surface area contributed by atoms with E-state index in [4.69, 9.17) is 11.6 Å². The molecule has 0 bridgehead atoms. The van der Waals surface area contributed by atoms with Gasteiger partial charge in [0, 0.05) is 21.6 Å². The molecular weight excluding hydrogens is 289 g/mol. The summed E-state index contributed by atoms with van der Waals surface area (Å²) in [6.07, 6.45) is 2.79. The maximum atomic E-state index is 6.01. The molecule has 3 nitrogen and oxygen atoms in total. The molecule has 0 fully saturated rings. The summed E-state index contributed by atoms with van der Waals surface area (Å²) in [7, 11) is 0. The summed E-state index contributed by atoms with van der Waals surface area (Å²) in [5, 5.41) is 8.74. The minimum atomic E-state index is 0.690. The van der Waals surface area contributed by atoms with E-state index in [1.54, 1.807) is 6.33 Å². The second kappa shape index (κ2) is 4.97. The third kappa shape index (κ3) is 2.44. The van der Waals surface area contributed by atoms with Crippen molar-refractivity contribution < 1.29 is 0 Å². The van der Waals surface area contributed by atoms with Crippen LogP contribution < -0.4 is 0 Å². The summed E-state index contributed by atoms with van der Waals surface area (Å²) in [4.78, 5) is 0. The van der Waals surface area contributed by atoms with Gasteiger partial charge in [-0.25, -0.2) is 0 Å². The topological polar surface area (TPSA) is 30.7 Å². The van der Waals surface area contributed by atoms with Crippen LogP contribution in [-0.2, 0) is 6.54 Å². The van der Waals surface area contributed by atoms with Gasteiger partial charge in [0.05, 0.1) is 0 Å². The number of hydrogen-bond donors (Lipinski definition) is 0. The van der Waals surface area contributed by atoms with Crippen LogP contribution in [0.3, 0.4) is 0 Å². The van der Waals surface area contributed by atoms with Crippen LogP contribution in [0.25, 0.3) is 11.4 Å². The smallest absolute Gasteiger partial charge is 0.163 e. The van der Waals surface area contributed by atoms with Crippen LogP contribution in [0.15, 0.2) is 29.0 Å². The number of aryl methyl sites for hydroxylation is 1. The Balaban J connectivity index is 2.45. The molecule has 0 radical (unpaired) electrons. The summed E-state index contributed by atoms with van der Waals surface area (Å²) in [5.74, 6) is 0.852. The summed E-state index contributed by atoms with van der Waals surface area (Å²) < 4.78 is 2.97. The molecule has 0 atom stereocenters. The predicted molar refractivity (Wildman–Crippen MR) is 68.5 cm³/mol. The van der Waals surface area contributed by atoms with Crippen LogP contribution in [-0.4, -0.2) is 14.8 Å². The molecule has 0 aliphatic heterocycles. The van der Waals surface area contributed by atoms with Crippen molar-refractivity contribution in [2.24, 2.45) is 0 Å². The average molecular weight is 301 g/mol. The van der Waals surface area contributed by atoms with Crippen molar-refractivity contribution in [1.29, 1.82) is 0 Å². The molecular formula is C11H11BrClN3. The second-order valence-corrected chi connectivity index (χ2v) is 4.86. The van der Waals surface area contributed by atoms with Gasteiger partial charge in [-0.05, 0) is 24.6 Å². The van der Waals surface area contributed by atoms with Crippen molar-refractivity contribution in [3.63, 3.8) is 0 Å². The maximum Gasteiger partial charge on any atom is 0.163 e. The van der Waals surface area contributed by atoms with E-state index >= 15 is 0 Å². The molecule has 0 unspecified atom stereocenters. The molecule has 1 heterocycles. The van der Waals surface area contributed by atoms with Gasteiger partial charge < -0.3 is 4.57 Å². The van der Waals surface area contributed by atoms with Crippen molar-refractivity contribution >= 4 is 27.5 Å². The molecule has 5 heteroatoms. The van der Waals surface area contributed by atoms with Gasteiger partial charge >= 0.3 is 0 Å². The van der Waals surface area contributed by atoms with Crippen LogP contribution in [0.2, 0.25) is 5.02 Å². The van der Waals surface area contributed by atoms with Crippen LogP contribution >= 0.6 is 27.5 Å². The van der Waals surface area contributed by atoms with Crippen LogP contribution in [0.4, 0.5) is 0 Å². The maximum absolute atomic E-state index is 6.01. The van der Waals surface area contributed by atoms with E-state index in [2.05, 4.69) is 33.1 Å². The van der Waals surface area contributed by atoms with Crippen molar-refractivity contribution in [2.75, 3.05) is 0 Å². The number of aromatic nitrogens is 3. The third-order valence-electron chi connectivity index (χ3n) is 2.20. The van der Waals surface area contributed by atoms with Gasteiger partial charge in [-0.15, -0.1) is 10.2 Å². The first-order valence-corrected chi connectivity index (χ1v) is 6.22. The van der Waals surface area contributed by atoms with Gasteiger partial charge in [0.25, 0.3) is 0 Å². The lowest BCUT2D eigenvalue weighted by Gasteiger charge is -2.05. The molecule has 2 rings (SSSR count). The minimum Gasteiger partial charge on any atom is -0.314 e. The molecule has 0 aliphatic rings. The fraction of sp³-hybridized carbons (Fsp3) is 0.273. The molecule has 0 spiro atoms. The van der Waals surface area contributed by atoms with E-state index < -0.39 is 0 Å². The van der Waals surface area contributed by atoms with E-state index in [1.807, 2.05) is 22.8 Å². The van der Waals surface area contributed by atoms with E-state index in [1.165, 1.54) is 0 Å². The SMILES string of the molecule is CCCn1cnnc1-c1cc(Cl)cc(Br)c1. The number of benzene rings is 1. The van der Waals surface area contributed by atoms with Crippen LogP contribution in [0.5, 0.6) is 0 Å². The van der Waals surface area contributed by atoms with Crippen molar-refractivity contribution in [2.45, 2.75) is 19.9 Å². The van der Waals surface area contributed by atoms with E-state index in [9.17, 15) is 0 Å². The monoisotopic (exact) mass is 299 g/mol. The molecule has 0 N–H and O–H groups in total.